The summed E-state index contributed by atoms with van der Waals surface area (Å²) < 4.78 is 20.7. The van der Waals surface area contributed by atoms with Crippen LogP contribution in [-0.4, -0.2) is 220 Å². The minimum absolute atomic E-state index is 0.00231. The number of aromatic hydroxyl groups is 1. The number of aliphatic hydroxyl groups is 6. The highest BCUT2D eigenvalue weighted by Gasteiger charge is 2.50. The summed E-state index contributed by atoms with van der Waals surface area (Å²) in [4.78, 5) is 105. The molecular weight excluding hydrogens is 1260 g/mol. The van der Waals surface area contributed by atoms with E-state index in [0.717, 1.165) is 60.2 Å². The zero-order valence-corrected chi connectivity index (χ0v) is 55.0. The molecule has 3 aliphatic rings. The summed E-state index contributed by atoms with van der Waals surface area (Å²) in [7, 11) is 0. The number of aromatic nitrogens is 1. The first-order chi connectivity index (χ1) is 45.2. The summed E-state index contributed by atoms with van der Waals surface area (Å²) in [6.07, 6.45) is -10.1. The van der Waals surface area contributed by atoms with Gasteiger partial charge < -0.3 is 85.6 Å². The summed E-state index contributed by atoms with van der Waals surface area (Å²) in [6, 6.07) is 10.1. The lowest BCUT2D eigenvalue weighted by Gasteiger charge is -2.33. The molecule has 520 valence electrons. The number of aliphatic hydroxyl groups excluding tert-OH is 6. The summed E-state index contributed by atoms with van der Waals surface area (Å²) >= 11 is 0.0654. The SMILES string of the molecule is CCCCCOc1ccc(-c2cc(-c3ccc(C(=O)N[C@H]4C[C@H](O)CNC(=O)[C@@H]5[C@@H](O)[C@H](C)CN5C(=O)[C@H]([C@H](O)CC#N)NC(=O)[C@H]([C@H](O)Cc5ccc(O)c(OSOOO)c5)NC(=O)[C@@H]5C[C@H](O)CN5C(=O)[C@H]([C@H](C)O)NC4=O)cc3)no2)cc1.CCN(C(C)C)C(C)C. The van der Waals surface area contributed by atoms with Crippen LogP contribution in [0, 0.1) is 17.2 Å². The number of nitriles is 1. The molecule has 1 aromatic heterocycles. The first kappa shape index (κ1) is 76.0. The van der Waals surface area contributed by atoms with Crippen LogP contribution in [0.25, 0.3) is 22.6 Å². The number of β-amino-alcohol motifs (C(OH)–C–C–N with tert-alkyl or cyclic N) is 1. The Balaban J connectivity index is 0.00000147. The highest BCUT2D eigenvalue weighted by atomic mass is 32.2. The first-order valence-electron chi connectivity index (χ1n) is 31.5. The molecule has 0 aliphatic carbocycles. The molecular formula is C64H88N10O20S. The first-order valence-corrected chi connectivity index (χ1v) is 32.1. The zero-order chi connectivity index (χ0) is 69.8. The number of nitrogens with one attached hydrogen (secondary N) is 5. The van der Waals surface area contributed by atoms with Crippen LogP contribution in [0.4, 0.5) is 0 Å². The fraction of sp³-hybridized carbons (Fsp3) is 0.547. The molecule has 13 N–H and O–H groups in total. The molecule has 3 saturated heterocycles. The molecule has 0 saturated carbocycles. The molecule has 3 fully saturated rings. The summed E-state index contributed by atoms with van der Waals surface area (Å²) in [6.45, 7) is 16.0. The van der Waals surface area contributed by atoms with Gasteiger partial charge in [-0.15, -0.1) is 0 Å². The molecule has 7 rings (SSSR count). The van der Waals surface area contributed by atoms with Crippen LogP contribution in [-0.2, 0) is 44.6 Å². The Morgan fingerprint density at radius 3 is 2.06 bits per heavy atom. The fourth-order valence-electron chi connectivity index (χ4n) is 11.5. The number of ether oxygens (including phenoxy) is 1. The maximum absolute atomic E-state index is 14.6. The van der Waals surface area contributed by atoms with Gasteiger partial charge in [-0.3, -0.25) is 38.5 Å². The van der Waals surface area contributed by atoms with E-state index in [1.165, 1.54) is 25.1 Å². The highest BCUT2D eigenvalue weighted by Crippen LogP contribution is 2.32. The molecule has 4 aromatic rings. The smallest absolute Gasteiger partial charge is 0.261 e. The fourth-order valence-corrected chi connectivity index (χ4v) is 11.7. The maximum Gasteiger partial charge on any atom is 0.261 e. The minimum atomic E-state index is -2.16. The molecule has 31 heteroatoms. The van der Waals surface area contributed by atoms with E-state index in [9.17, 15) is 74.6 Å². The monoisotopic (exact) mass is 1350 g/mol. The van der Waals surface area contributed by atoms with Gasteiger partial charge in [0.25, 0.3) is 18.2 Å². The van der Waals surface area contributed by atoms with E-state index in [0.29, 0.717) is 41.5 Å². The van der Waals surface area contributed by atoms with Gasteiger partial charge in [-0.25, -0.2) is 5.26 Å². The zero-order valence-electron chi connectivity index (χ0n) is 54.2. The van der Waals surface area contributed by atoms with Crippen LogP contribution >= 0.6 is 12.3 Å². The Labute approximate surface area is 554 Å². The third-order valence-corrected chi connectivity index (χ3v) is 16.9. The van der Waals surface area contributed by atoms with Crippen molar-refractivity contribution in [2.24, 2.45) is 5.92 Å². The van der Waals surface area contributed by atoms with Crippen LogP contribution in [0.2, 0.25) is 0 Å². The average molecular weight is 1350 g/mol. The van der Waals surface area contributed by atoms with Crippen molar-refractivity contribution in [3.8, 4) is 45.9 Å². The predicted octanol–water partition coefficient (Wildman–Crippen LogP) is 1.63. The second kappa shape index (κ2) is 36.2. The quantitative estimate of drug-likeness (QED) is 0.0230. The van der Waals surface area contributed by atoms with Crippen molar-refractivity contribution in [3.05, 3.63) is 83.9 Å². The Hall–Kier alpha value is -8.00. The molecule has 13 atom stereocenters. The molecule has 0 spiro atoms. The number of fused-ring (bicyclic) bond motifs is 2. The van der Waals surface area contributed by atoms with Crippen molar-refractivity contribution >= 4 is 53.7 Å². The van der Waals surface area contributed by atoms with E-state index in [1.54, 1.807) is 24.3 Å². The molecule has 30 nitrogen and oxygen atoms in total. The van der Waals surface area contributed by atoms with E-state index in [1.807, 2.05) is 24.3 Å². The number of phenols is 1. The molecule has 4 heterocycles. The third-order valence-electron chi connectivity index (χ3n) is 16.5. The van der Waals surface area contributed by atoms with Crippen molar-refractivity contribution in [2.45, 2.75) is 185 Å². The lowest BCUT2D eigenvalue weighted by Crippen LogP contribution is -2.64. The Morgan fingerprint density at radius 1 is 0.789 bits per heavy atom. The normalized spacial score (nSPS) is 24.2. The Bertz CT molecular complexity index is 3240. The molecule has 3 aliphatic heterocycles. The molecule has 95 heavy (non-hydrogen) atoms. The number of hydrogen-bond acceptors (Lipinski definition) is 24. The number of carbonyl (C=O) groups excluding carboxylic acids is 7. The van der Waals surface area contributed by atoms with Gasteiger partial charge in [-0.2, -0.15) is 5.26 Å². The van der Waals surface area contributed by atoms with E-state index < -0.39 is 165 Å². The van der Waals surface area contributed by atoms with Crippen LogP contribution < -0.4 is 35.5 Å². The number of amides is 7. The Morgan fingerprint density at radius 2 is 1.44 bits per heavy atom. The van der Waals surface area contributed by atoms with Gasteiger partial charge in [-0.1, -0.05) is 66.3 Å². The summed E-state index contributed by atoms with van der Waals surface area (Å²) in [5, 5.41) is 116. The standard InChI is InChI=1S/C56H69N9O20S.C8H19N/c1-4-5-6-19-81-36-14-12-32(13-15-36)43-24-37(63-82-43)31-8-10-33(11-9-31)50(73)59-38-22-34(67)25-58-54(77)48-49(72)28(2)26-65(48)56(79)47(41(70)17-18-57)62-53(76)46(42(71)20-30-7-16-40(69)44(21-30)83-86-85-84-80)61-52(75)39-23-35(68)27-64(39)55(78)45(29(3)66)60-51(38)74;1-6-9(7(2)3)8(4)5/h7-16,21,24,28-29,34-35,38-39,41-42,45-49,66-72,80H,4-6,17,19-20,22-23,25-27H2,1-3H3,(H,58,77)(H,59,73)(H,60,74)(H,61,75)(H,62,76);7-8H,6H2,1-5H3/t28-,29+,34+,35+,38+,39+,41-,42-,45+,46+,47+,48+,49+;/m1./s1. The highest BCUT2D eigenvalue weighted by molar-refractivity contribution is 7.90. The Kier molecular flexibility index (Phi) is 29.0. The van der Waals surface area contributed by atoms with E-state index >= 15 is 0 Å². The van der Waals surface area contributed by atoms with Gasteiger partial charge in [-0.05, 0) is 102 Å². The molecule has 3 aromatic carbocycles. The van der Waals surface area contributed by atoms with Crippen molar-refractivity contribution < 1.29 is 97.4 Å². The van der Waals surface area contributed by atoms with Gasteiger partial charge in [0.15, 0.2) is 17.3 Å². The number of hydrogen-bond donors (Lipinski definition) is 13. The van der Waals surface area contributed by atoms with Gasteiger partial charge >= 0.3 is 0 Å². The predicted molar refractivity (Wildman–Crippen MR) is 341 cm³/mol. The number of unbranched alkanes of at least 4 members (excludes halogenated alkanes) is 2. The van der Waals surface area contributed by atoms with E-state index in [4.69, 9.17) is 18.7 Å². The molecule has 0 unspecified atom stereocenters. The van der Waals surface area contributed by atoms with Crippen molar-refractivity contribution in [1.29, 1.82) is 5.26 Å². The summed E-state index contributed by atoms with van der Waals surface area (Å²) in [5.41, 5.74) is 1.78. The van der Waals surface area contributed by atoms with Crippen LogP contribution in [0.3, 0.4) is 0 Å². The maximum atomic E-state index is 14.6. The van der Waals surface area contributed by atoms with E-state index in [2.05, 4.69) is 87.6 Å². The molecule has 0 bridgehead atoms. The summed E-state index contributed by atoms with van der Waals surface area (Å²) in [5.74, 6) is -8.55. The molecule has 7 amide bonds. The van der Waals surface area contributed by atoms with Gasteiger partial charge in [0, 0.05) is 79.7 Å². The third kappa shape index (κ3) is 20.8. The average Bonchev–Trinajstić information content (AvgIpc) is 1.70. The number of nitrogens with zero attached hydrogens (tertiary/aromatic N) is 5. The second-order valence-electron chi connectivity index (χ2n) is 24.2. The number of carbonyl (C=O) groups is 7. The van der Waals surface area contributed by atoms with Crippen LogP contribution in [0.1, 0.15) is 110 Å². The lowest BCUT2D eigenvalue weighted by molar-refractivity contribution is -0.433. The lowest BCUT2D eigenvalue weighted by atomic mass is 9.98. The van der Waals surface area contributed by atoms with Crippen molar-refractivity contribution in [1.82, 2.24) is 46.4 Å². The minimum Gasteiger partial charge on any atom is -0.504 e. The van der Waals surface area contributed by atoms with Crippen LogP contribution in [0.5, 0.6) is 17.2 Å². The van der Waals surface area contributed by atoms with Gasteiger partial charge in [0.2, 0.25) is 35.4 Å². The molecule has 0 radical (unpaired) electrons. The topological polar surface area (TPSA) is 438 Å². The van der Waals surface area contributed by atoms with Crippen molar-refractivity contribution in [2.75, 3.05) is 32.8 Å². The van der Waals surface area contributed by atoms with Crippen molar-refractivity contribution in [3.63, 3.8) is 0 Å². The number of rotatable bonds is 22. The number of benzene rings is 3. The van der Waals surface area contributed by atoms with Gasteiger partial charge in [0.1, 0.15) is 47.7 Å². The number of phenolic OH excluding ortho intramolecular Hbond substituents is 1. The van der Waals surface area contributed by atoms with Crippen LogP contribution in [0.15, 0.2) is 77.3 Å². The van der Waals surface area contributed by atoms with Gasteiger partial charge in [0.05, 0.1) is 55.7 Å². The second-order valence-corrected chi connectivity index (χ2v) is 24.6. The largest absolute Gasteiger partial charge is 0.504 e. The van der Waals surface area contributed by atoms with E-state index in [-0.39, 0.29) is 35.7 Å².